The number of anilines is 2. The number of hydrogen-bond donors (Lipinski definition) is 2. The molecule has 0 amide bonds. The summed E-state index contributed by atoms with van der Waals surface area (Å²) in [6.07, 6.45) is 0. The smallest absolute Gasteiger partial charge is 0.272 e. The molecular weight excluding hydrogens is 360 g/mol. The van der Waals surface area contributed by atoms with E-state index in [9.17, 15) is 8.42 Å². The fourth-order valence-electron chi connectivity index (χ4n) is 1.28. The van der Waals surface area contributed by atoms with Crippen LogP contribution in [0.2, 0.25) is 5.02 Å². The molecule has 8 heteroatoms. The molecule has 0 aliphatic rings. The third-order valence-electron chi connectivity index (χ3n) is 2.07. The standard InChI is InChI=1S/C10H8BrClN2O2S2/c11-7-3-4-17-10(7)18(15,16)14-9-2-1-6(13)5-8(9)12/h1-5,14H,13H2. The Hall–Kier alpha value is -0.760. The third-order valence-corrected chi connectivity index (χ3v) is 6.41. The van der Waals surface area contributed by atoms with Gasteiger partial charge in [0.05, 0.1) is 10.7 Å². The molecule has 0 aliphatic carbocycles. The zero-order valence-electron chi connectivity index (χ0n) is 8.85. The number of benzene rings is 1. The van der Waals surface area contributed by atoms with Crippen LogP contribution in [0.4, 0.5) is 11.4 Å². The summed E-state index contributed by atoms with van der Waals surface area (Å²) in [5.41, 5.74) is 6.31. The van der Waals surface area contributed by atoms with E-state index in [1.807, 2.05) is 0 Å². The lowest BCUT2D eigenvalue weighted by Gasteiger charge is -2.09. The minimum absolute atomic E-state index is 0.204. The van der Waals surface area contributed by atoms with Gasteiger partial charge in [0.25, 0.3) is 10.0 Å². The highest BCUT2D eigenvalue weighted by Gasteiger charge is 2.20. The Balaban J connectivity index is 2.37. The molecule has 0 atom stereocenters. The van der Waals surface area contributed by atoms with Crippen molar-refractivity contribution in [1.82, 2.24) is 0 Å². The Labute approximate surface area is 122 Å². The summed E-state index contributed by atoms with van der Waals surface area (Å²) in [7, 11) is -3.64. The summed E-state index contributed by atoms with van der Waals surface area (Å²) < 4.78 is 27.3. The number of nitrogen functional groups attached to an aromatic ring is 1. The zero-order chi connectivity index (χ0) is 13.3. The number of halogens is 2. The molecule has 0 aliphatic heterocycles. The summed E-state index contributed by atoms with van der Waals surface area (Å²) in [5.74, 6) is 0. The van der Waals surface area contributed by atoms with Crippen LogP contribution in [0, 0.1) is 0 Å². The molecule has 4 nitrogen and oxygen atoms in total. The highest BCUT2D eigenvalue weighted by molar-refractivity contribution is 9.10. The monoisotopic (exact) mass is 366 g/mol. The summed E-state index contributed by atoms with van der Waals surface area (Å²) in [5, 5.41) is 1.94. The third kappa shape index (κ3) is 2.80. The number of nitrogens with two attached hydrogens (primary N) is 1. The second-order valence-corrected chi connectivity index (χ2v) is 7.46. The van der Waals surface area contributed by atoms with Gasteiger partial charge in [-0.15, -0.1) is 11.3 Å². The fraction of sp³-hybridized carbons (Fsp3) is 0. The number of hydrogen-bond acceptors (Lipinski definition) is 4. The predicted molar refractivity (Wildman–Crippen MR) is 78.7 cm³/mol. The van der Waals surface area contributed by atoms with E-state index >= 15 is 0 Å². The van der Waals surface area contributed by atoms with E-state index < -0.39 is 10.0 Å². The molecular formula is C10H8BrClN2O2S2. The first-order valence-electron chi connectivity index (χ1n) is 4.71. The lowest BCUT2D eigenvalue weighted by atomic mass is 10.3. The van der Waals surface area contributed by atoms with Crippen molar-refractivity contribution in [2.24, 2.45) is 0 Å². The van der Waals surface area contributed by atoms with Gasteiger partial charge in [0, 0.05) is 10.2 Å². The lowest BCUT2D eigenvalue weighted by molar-refractivity contribution is 0.603. The van der Waals surface area contributed by atoms with E-state index in [-0.39, 0.29) is 9.23 Å². The molecule has 3 N–H and O–H groups in total. The van der Waals surface area contributed by atoms with E-state index in [2.05, 4.69) is 20.7 Å². The average molecular weight is 368 g/mol. The van der Waals surface area contributed by atoms with Crippen LogP contribution in [0.1, 0.15) is 0 Å². The maximum atomic E-state index is 12.1. The van der Waals surface area contributed by atoms with Crippen LogP contribution < -0.4 is 10.5 Å². The summed E-state index contributed by atoms with van der Waals surface area (Å²) in [6.45, 7) is 0. The van der Waals surface area contributed by atoms with Crippen molar-refractivity contribution in [3.63, 3.8) is 0 Å². The van der Waals surface area contributed by atoms with E-state index in [4.69, 9.17) is 17.3 Å². The van der Waals surface area contributed by atoms with Gasteiger partial charge in [0.15, 0.2) is 4.21 Å². The maximum absolute atomic E-state index is 12.1. The molecule has 0 saturated carbocycles. The Morgan fingerprint density at radius 3 is 2.61 bits per heavy atom. The van der Waals surface area contributed by atoms with Gasteiger partial charge in [0.1, 0.15) is 0 Å². The van der Waals surface area contributed by atoms with Crippen LogP contribution in [0.3, 0.4) is 0 Å². The van der Waals surface area contributed by atoms with Crippen molar-refractivity contribution in [3.8, 4) is 0 Å². The maximum Gasteiger partial charge on any atom is 0.272 e. The zero-order valence-corrected chi connectivity index (χ0v) is 12.8. The van der Waals surface area contributed by atoms with Crippen molar-refractivity contribution in [2.75, 3.05) is 10.5 Å². The second-order valence-electron chi connectivity index (χ2n) is 3.40. The summed E-state index contributed by atoms with van der Waals surface area (Å²) in [4.78, 5) is 0. The van der Waals surface area contributed by atoms with Gasteiger partial charge in [-0.3, -0.25) is 4.72 Å². The lowest BCUT2D eigenvalue weighted by Crippen LogP contribution is -2.12. The molecule has 0 unspecified atom stereocenters. The number of thiophene rings is 1. The first kappa shape index (κ1) is 13.7. The Kier molecular flexibility index (Phi) is 3.86. The Bertz CT molecular complexity index is 685. The van der Waals surface area contributed by atoms with Gasteiger partial charge in [0.2, 0.25) is 0 Å². The van der Waals surface area contributed by atoms with Gasteiger partial charge >= 0.3 is 0 Å². The average Bonchev–Trinajstić information content (AvgIpc) is 2.69. The largest absolute Gasteiger partial charge is 0.399 e. The Morgan fingerprint density at radius 1 is 1.33 bits per heavy atom. The predicted octanol–water partition coefficient (Wildman–Crippen LogP) is 3.55. The van der Waals surface area contributed by atoms with Gasteiger partial charge < -0.3 is 5.73 Å². The van der Waals surface area contributed by atoms with Crippen LogP contribution in [0.25, 0.3) is 0 Å². The topological polar surface area (TPSA) is 72.2 Å². The van der Waals surface area contributed by atoms with E-state index in [0.717, 1.165) is 11.3 Å². The highest BCUT2D eigenvalue weighted by Crippen LogP contribution is 2.31. The first-order valence-corrected chi connectivity index (χ1v) is 8.24. The second kappa shape index (κ2) is 5.08. The van der Waals surface area contributed by atoms with Crippen molar-refractivity contribution < 1.29 is 8.42 Å². The number of nitrogens with one attached hydrogen (secondary N) is 1. The molecule has 18 heavy (non-hydrogen) atoms. The SMILES string of the molecule is Nc1ccc(NS(=O)(=O)c2sccc2Br)c(Cl)c1. The van der Waals surface area contributed by atoms with Gasteiger partial charge in [-0.05, 0) is 45.6 Å². The number of rotatable bonds is 3. The van der Waals surface area contributed by atoms with Crippen LogP contribution in [0.5, 0.6) is 0 Å². The van der Waals surface area contributed by atoms with Crippen LogP contribution in [-0.4, -0.2) is 8.42 Å². The molecule has 96 valence electrons. The Morgan fingerprint density at radius 2 is 2.06 bits per heavy atom. The molecule has 0 radical (unpaired) electrons. The molecule has 2 aromatic rings. The molecule has 0 saturated heterocycles. The molecule has 1 heterocycles. The van der Waals surface area contributed by atoms with E-state index in [0.29, 0.717) is 15.8 Å². The van der Waals surface area contributed by atoms with E-state index in [1.54, 1.807) is 17.5 Å². The van der Waals surface area contributed by atoms with Crippen LogP contribution in [-0.2, 0) is 10.0 Å². The van der Waals surface area contributed by atoms with Crippen molar-refractivity contribution in [2.45, 2.75) is 4.21 Å². The van der Waals surface area contributed by atoms with Gasteiger partial charge in [-0.1, -0.05) is 11.6 Å². The minimum atomic E-state index is -3.64. The summed E-state index contributed by atoms with van der Waals surface area (Å²) >= 11 is 10.2. The minimum Gasteiger partial charge on any atom is -0.399 e. The van der Waals surface area contributed by atoms with Crippen molar-refractivity contribution in [1.29, 1.82) is 0 Å². The molecule has 1 aromatic heterocycles. The molecule has 0 fully saturated rings. The van der Waals surface area contributed by atoms with Gasteiger partial charge in [-0.25, -0.2) is 8.42 Å². The van der Waals surface area contributed by atoms with E-state index in [1.165, 1.54) is 12.1 Å². The molecule has 0 bridgehead atoms. The number of sulfonamides is 1. The first-order chi connectivity index (χ1) is 8.40. The molecule has 0 spiro atoms. The highest BCUT2D eigenvalue weighted by atomic mass is 79.9. The molecule has 1 aromatic carbocycles. The fourth-order valence-corrected chi connectivity index (χ4v) is 4.99. The van der Waals surface area contributed by atoms with Crippen LogP contribution in [0.15, 0.2) is 38.3 Å². The quantitative estimate of drug-likeness (QED) is 0.815. The molecule has 2 rings (SSSR count). The van der Waals surface area contributed by atoms with Crippen molar-refractivity contribution in [3.05, 3.63) is 39.1 Å². The normalized spacial score (nSPS) is 11.4. The van der Waals surface area contributed by atoms with Gasteiger partial charge in [-0.2, -0.15) is 0 Å². The van der Waals surface area contributed by atoms with Crippen LogP contribution >= 0.6 is 38.9 Å². The van der Waals surface area contributed by atoms with Crippen molar-refractivity contribution >= 4 is 60.3 Å². The summed E-state index contributed by atoms with van der Waals surface area (Å²) in [6, 6.07) is 6.26.